The van der Waals surface area contributed by atoms with E-state index in [0.29, 0.717) is 26.3 Å². The van der Waals surface area contributed by atoms with Crippen LogP contribution in [0.1, 0.15) is 27.7 Å². The number of ether oxygens (including phenoxy) is 1. The fourth-order valence-electron chi connectivity index (χ4n) is 4.32. The largest absolute Gasteiger partial charge is 0.450 e. The summed E-state index contributed by atoms with van der Waals surface area (Å²) in [6.07, 6.45) is 0. The third-order valence-corrected chi connectivity index (χ3v) is 6.35. The van der Waals surface area contributed by atoms with Gasteiger partial charge in [-0.25, -0.2) is 4.39 Å². The Labute approximate surface area is 186 Å². The van der Waals surface area contributed by atoms with Crippen molar-refractivity contribution < 1.29 is 18.3 Å². The minimum atomic E-state index is -0.593. The predicted molar refractivity (Wildman–Crippen MR) is 117 cm³/mol. The van der Waals surface area contributed by atoms with Gasteiger partial charge >= 0.3 is 0 Å². The van der Waals surface area contributed by atoms with Crippen LogP contribution in [-0.4, -0.2) is 55.1 Å². The van der Waals surface area contributed by atoms with Crippen LogP contribution in [0.15, 0.2) is 56.1 Å². The number of morpholine rings is 1. The van der Waals surface area contributed by atoms with Crippen molar-refractivity contribution in [2.75, 3.05) is 39.4 Å². The monoisotopic (exact) mass is 486 g/mol. The van der Waals surface area contributed by atoms with Crippen LogP contribution in [0, 0.1) is 5.82 Å². The zero-order valence-electron chi connectivity index (χ0n) is 16.6. The number of hydrogen-bond donors (Lipinski definition) is 0. The van der Waals surface area contributed by atoms with Gasteiger partial charge in [0.2, 0.25) is 5.76 Å². The SMILES string of the molecule is O=C1c2oc3ccc(F)cc3c(=O)c2C(c2cccc(Br)c2)N1CCN1CCOCC1. The number of fused-ring (bicyclic) bond motifs is 2. The number of halogens is 2. The number of benzene rings is 2. The average Bonchev–Trinajstić information content (AvgIpc) is 3.05. The van der Waals surface area contributed by atoms with E-state index in [-0.39, 0.29) is 33.6 Å². The Morgan fingerprint density at radius 1 is 1.06 bits per heavy atom. The molecule has 8 heteroatoms. The molecule has 1 saturated heterocycles. The summed E-state index contributed by atoms with van der Waals surface area (Å²) in [4.78, 5) is 30.7. The van der Waals surface area contributed by atoms with Crippen LogP contribution in [-0.2, 0) is 4.74 Å². The van der Waals surface area contributed by atoms with Crippen molar-refractivity contribution in [3.8, 4) is 0 Å². The molecule has 1 unspecified atom stereocenters. The van der Waals surface area contributed by atoms with Gasteiger partial charge in [-0.3, -0.25) is 14.5 Å². The molecule has 1 aromatic heterocycles. The predicted octanol–water partition coefficient (Wildman–Crippen LogP) is 3.57. The second-order valence-electron chi connectivity index (χ2n) is 7.72. The van der Waals surface area contributed by atoms with Crippen LogP contribution in [0.4, 0.5) is 4.39 Å². The number of amides is 1. The van der Waals surface area contributed by atoms with Crippen molar-refractivity contribution in [3.05, 3.63) is 79.9 Å². The van der Waals surface area contributed by atoms with Crippen LogP contribution in [0.3, 0.4) is 0 Å². The van der Waals surface area contributed by atoms with E-state index in [1.165, 1.54) is 18.2 Å². The number of carbonyl (C=O) groups excluding carboxylic acids is 1. The van der Waals surface area contributed by atoms with Gasteiger partial charge in [0, 0.05) is 30.7 Å². The van der Waals surface area contributed by atoms with Crippen LogP contribution in [0.5, 0.6) is 0 Å². The fraction of sp³-hybridized carbons (Fsp3) is 0.304. The minimum Gasteiger partial charge on any atom is -0.450 e. The molecular weight excluding hydrogens is 467 g/mol. The van der Waals surface area contributed by atoms with Gasteiger partial charge in [-0.15, -0.1) is 0 Å². The second kappa shape index (κ2) is 8.18. The van der Waals surface area contributed by atoms with Gasteiger partial charge < -0.3 is 14.1 Å². The van der Waals surface area contributed by atoms with Gasteiger partial charge in [-0.2, -0.15) is 0 Å². The first kappa shape index (κ1) is 20.4. The van der Waals surface area contributed by atoms with Crippen molar-refractivity contribution in [3.63, 3.8) is 0 Å². The van der Waals surface area contributed by atoms with Crippen molar-refractivity contribution in [1.29, 1.82) is 0 Å². The Morgan fingerprint density at radius 3 is 2.65 bits per heavy atom. The Morgan fingerprint density at radius 2 is 1.87 bits per heavy atom. The van der Waals surface area contributed by atoms with Gasteiger partial charge in [0.25, 0.3) is 5.91 Å². The summed E-state index contributed by atoms with van der Waals surface area (Å²) in [6, 6.07) is 10.7. The topological polar surface area (TPSA) is 63.0 Å². The summed E-state index contributed by atoms with van der Waals surface area (Å²) in [7, 11) is 0. The third-order valence-electron chi connectivity index (χ3n) is 5.85. The molecule has 3 aromatic rings. The van der Waals surface area contributed by atoms with Crippen LogP contribution in [0.2, 0.25) is 0 Å². The summed E-state index contributed by atoms with van der Waals surface area (Å²) in [5.41, 5.74) is 0.902. The first-order chi connectivity index (χ1) is 15.0. The summed E-state index contributed by atoms with van der Waals surface area (Å²) in [6.45, 7) is 4.04. The van der Waals surface area contributed by atoms with E-state index in [4.69, 9.17) is 9.15 Å². The van der Waals surface area contributed by atoms with Gasteiger partial charge in [-0.05, 0) is 35.9 Å². The second-order valence-corrected chi connectivity index (χ2v) is 8.64. The highest BCUT2D eigenvalue weighted by atomic mass is 79.9. The van der Waals surface area contributed by atoms with E-state index in [1.807, 2.05) is 24.3 Å². The summed E-state index contributed by atoms with van der Waals surface area (Å²) in [5, 5.41) is 0.140. The molecule has 2 aliphatic rings. The molecule has 3 heterocycles. The maximum absolute atomic E-state index is 13.8. The maximum atomic E-state index is 13.8. The molecule has 0 radical (unpaired) electrons. The first-order valence-corrected chi connectivity index (χ1v) is 10.9. The molecule has 5 rings (SSSR count). The van der Waals surface area contributed by atoms with E-state index in [0.717, 1.165) is 23.1 Å². The number of rotatable bonds is 4. The lowest BCUT2D eigenvalue weighted by Crippen LogP contribution is -2.42. The van der Waals surface area contributed by atoms with Gasteiger partial charge in [-0.1, -0.05) is 28.1 Å². The molecule has 0 N–H and O–H groups in total. The van der Waals surface area contributed by atoms with Crippen LogP contribution < -0.4 is 5.43 Å². The molecule has 0 saturated carbocycles. The number of carbonyl (C=O) groups is 1. The molecule has 0 bridgehead atoms. The molecule has 1 fully saturated rings. The van der Waals surface area contributed by atoms with Crippen molar-refractivity contribution in [2.24, 2.45) is 0 Å². The Bertz CT molecular complexity index is 1220. The summed E-state index contributed by atoms with van der Waals surface area (Å²) in [5.74, 6) is -0.806. The molecule has 1 amide bonds. The first-order valence-electron chi connectivity index (χ1n) is 10.2. The van der Waals surface area contributed by atoms with Crippen molar-refractivity contribution in [2.45, 2.75) is 6.04 Å². The summed E-state index contributed by atoms with van der Waals surface area (Å²) >= 11 is 3.48. The number of hydrogen-bond acceptors (Lipinski definition) is 5. The molecule has 0 spiro atoms. The standard InChI is InChI=1S/C23H20BrFN2O4/c24-15-3-1-2-14(12-15)20-19-21(28)17-13-16(25)4-5-18(17)31-22(19)23(29)27(20)7-6-26-8-10-30-11-9-26/h1-5,12-13,20H,6-11H2. The van der Waals surface area contributed by atoms with Crippen LogP contribution >= 0.6 is 15.9 Å². The lowest BCUT2D eigenvalue weighted by atomic mass is 9.98. The smallest absolute Gasteiger partial charge is 0.290 e. The highest BCUT2D eigenvalue weighted by Gasteiger charge is 2.42. The molecule has 6 nitrogen and oxygen atoms in total. The highest BCUT2D eigenvalue weighted by Crippen LogP contribution is 2.38. The van der Waals surface area contributed by atoms with Crippen molar-refractivity contribution in [1.82, 2.24) is 9.80 Å². The molecule has 2 aliphatic heterocycles. The van der Waals surface area contributed by atoms with E-state index in [9.17, 15) is 14.0 Å². The van der Waals surface area contributed by atoms with Crippen molar-refractivity contribution >= 4 is 32.8 Å². The molecule has 2 aromatic carbocycles. The zero-order valence-corrected chi connectivity index (χ0v) is 18.2. The molecule has 160 valence electrons. The number of nitrogens with zero attached hydrogens (tertiary/aromatic N) is 2. The average molecular weight is 487 g/mol. The lowest BCUT2D eigenvalue weighted by Gasteiger charge is -2.31. The van der Waals surface area contributed by atoms with E-state index in [1.54, 1.807) is 4.90 Å². The summed E-state index contributed by atoms with van der Waals surface area (Å²) < 4.78 is 25.9. The normalized spacial score (nSPS) is 19.2. The maximum Gasteiger partial charge on any atom is 0.290 e. The molecular formula is C23H20BrFN2O4. The van der Waals surface area contributed by atoms with Gasteiger partial charge in [0.1, 0.15) is 11.4 Å². The Hall–Kier alpha value is -2.55. The minimum absolute atomic E-state index is 0.0380. The Kier molecular flexibility index (Phi) is 5.37. The van der Waals surface area contributed by atoms with E-state index in [2.05, 4.69) is 20.8 Å². The Balaban J connectivity index is 1.61. The quantitative estimate of drug-likeness (QED) is 0.563. The van der Waals surface area contributed by atoms with E-state index >= 15 is 0 Å². The highest BCUT2D eigenvalue weighted by molar-refractivity contribution is 9.10. The molecule has 0 aliphatic carbocycles. The van der Waals surface area contributed by atoms with Crippen LogP contribution in [0.25, 0.3) is 11.0 Å². The third kappa shape index (κ3) is 3.69. The fourth-order valence-corrected chi connectivity index (χ4v) is 4.74. The van der Waals surface area contributed by atoms with Gasteiger partial charge in [0.15, 0.2) is 5.43 Å². The molecule has 1 atom stereocenters. The zero-order chi connectivity index (χ0) is 21.5. The lowest BCUT2D eigenvalue weighted by molar-refractivity contribution is 0.0314. The molecule has 31 heavy (non-hydrogen) atoms. The van der Waals surface area contributed by atoms with Gasteiger partial charge in [0.05, 0.1) is 30.2 Å². The van der Waals surface area contributed by atoms with E-state index < -0.39 is 11.9 Å².